The molecule has 0 bridgehead atoms. The Labute approximate surface area is 120 Å². The molecule has 0 unspecified atom stereocenters. The zero-order valence-electron chi connectivity index (χ0n) is 12.1. The lowest BCUT2D eigenvalue weighted by Crippen LogP contribution is -2.13. The van der Waals surface area contributed by atoms with E-state index in [0.717, 1.165) is 12.1 Å². The predicted molar refractivity (Wildman–Crippen MR) is 85.5 cm³/mol. The quantitative estimate of drug-likeness (QED) is 0.796. The van der Waals surface area contributed by atoms with Crippen LogP contribution in [-0.4, -0.2) is 5.71 Å². The van der Waals surface area contributed by atoms with Crippen LogP contribution in [0.4, 0.5) is 5.69 Å². The monoisotopic (exact) mass is 264 g/mol. The van der Waals surface area contributed by atoms with E-state index in [4.69, 9.17) is 0 Å². The number of fused-ring (bicyclic) bond motifs is 1. The molecule has 1 N–H and O–H groups in total. The molecular weight excluding hydrogens is 244 g/mol. The molecule has 0 aliphatic heterocycles. The summed E-state index contributed by atoms with van der Waals surface area (Å²) in [5.74, 6) is 0. The molecule has 0 fully saturated rings. The van der Waals surface area contributed by atoms with E-state index in [9.17, 15) is 0 Å². The van der Waals surface area contributed by atoms with E-state index in [-0.39, 0.29) is 0 Å². The first-order valence-corrected chi connectivity index (χ1v) is 7.21. The molecular formula is C18H20N2. The van der Waals surface area contributed by atoms with Gasteiger partial charge in [0.25, 0.3) is 0 Å². The van der Waals surface area contributed by atoms with Crippen molar-refractivity contribution in [2.75, 3.05) is 5.43 Å². The molecule has 0 atom stereocenters. The van der Waals surface area contributed by atoms with Crippen LogP contribution in [0.2, 0.25) is 0 Å². The van der Waals surface area contributed by atoms with Gasteiger partial charge in [-0.25, -0.2) is 0 Å². The number of hydrogen-bond donors (Lipinski definition) is 1. The van der Waals surface area contributed by atoms with E-state index in [1.54, 1.807) is 0 Å². The Hall–Kier alpha value is -2.09. The van der Waals surface area contributed by atoms with E-state index in [0.29, 0.717) is 0 Å². The number of nitrogens with zero attached hydrogens (tertiary/aromatic N) is 1. The van der Waals surface area contributed by atoms with Gasteiger partial charge in [-0.05, 0) is 50.8 Å². The van der Waals surface area contributed by atoms with Crippen molar-refractivity contribution in [3.63, 3.8) is 0 Å². The molecule has 0 saturated heterocycles. The molecule has 0 spiro atoms. The maximum atomic E-state index is 4.62. The van der Waals surface area contributed by atoms with E-state index in [1.165, 1.54) is 40.8 Å². The van der Waals surface area contributed by atoms with Gasteiger partial charge in [0.2, 0.25) is 0 Å². The number of aryl methyl sites for hydroxylation is 3. The minimum absolute atomic E-state index is 1.04. The Morgan fingerprint density at radius 2 is 1.65 bits per heavy atom. The molecule has 0 saturated carbocycles. The maximum absolute atomic E-state index is 4.62. The Morgan fingerprint density at radius 3 is 2.45 bits per heavy atom. The number of anilines is 1. The van der Waals surface area contributed by atoms with Crippen LogP contribution in [0.3, 0.4) is 0 Å². The van der Waals surface area contributed by atoms with Crippen LogP contribution in [0, 0.1) is 13.8 Å². The van der Waals surface area contributed by atoms with Crippen LogP contribution >= 0.6 is 0 Å². The average molecular weight is 264 g/mol. The summed E-state index contributed by atoms with van der Waals surface area (Å²) in [6.07, 6.45) is 3.40. The van der Waals surface area contributed by atoms with E-state index in [1.807, 2.05) is 0 Å². The van der Waals surface area contributed by atoms with Crippen LogP contribution in [0.25, 0.3) is 0 Å². The first kappa shape index (κ1) is 12.9. The molecule has 2 aromatic rings. The fourth-order valence-electron chi connectivity index (χ4n) is 2.67. The molecule has 1 aliphatic carbocycles. The molecule has 2 heteroatoms. The van der Waals surface area contributed by atoms with Crippen molar-refractivity contribution in [1.82, 2.24) is 0 Å². The third-order valence-corrected chi connectivity index (χ3v) is 3.80. The summed E-state index contributed by atoms with van der Waals surface area (Å²) in [5.41, 5.74) is 10.7. The summed E-state index contributed by atoms with van der Waals surface area (Å²) in [5, 5.41) is 4.62. The summed E-state index contributed by atoms with van der Waals surface area (Å²) >= 11 is 0. The van der Waals surface area contributed by atoms with Crippen molar-refractivity contribution >= 4 is 11.4 Å². The summed E-state index contributed by atoms with van der Waals surface area (Å²) in [6, 6.07) is 15.0. The molecule has 1 aliphatic rings. The zero-order valence-corrected chi connectivity index (χ0v) is 12.1. The van der Waals surface area contributed by atoms with Gasteiger partial charge in [-0.2, -0.15) is 5.10 Å². The number of hydrazone groups is 1. The number of benzene rings is 2. The Morgan fingerprint density at radius 1 is 0.900 bits per heavy atom. The third kappa shape index (κ3) is 2.74. The fourth-order valence-corrected chi connectivity index (χ4v) is 2.67. The van der Waals surface area contributed by atoms with Crippen molar-refractivity contribution in [2.45, 2.75) is 33.1 Å². The van der Waals surface area contributed by atoms with Crippen molar-refractivity contribution in [3.8, 4) is 0 Å². The highest BCUT2D eigenvalue weighted by molar-refractivity contribution is 6.03. The van der Waals surface area contributed by atoms with Gasteiger partial charge in [-0.1, -0.05) is 41.5 Å². The second-order valence-electron chi connectivity index (χ2n) is 5.55. The molecule has 2 aromatic carbocycles. The lowest BCUT2D eigenvalue weighted by molar-refractivity contribution is 0.836. The minimum Gasteiger partial charge on any atom is -0.278 e. The van der Waals surface area contributed by atoms with Gasteiger partial charge in [0.15, 0.2) is 0 Å². The molecule has 0 radical (unpaired) electrons. The summed E-state index contributed by atoms with van der Waals surface area (Å²) in [6.45, 7) is 4.24. The smallest absolute Gasteiger partial charge is 0.0682 e. The topological polar surface area (TPSA) is 24.4 Å². The first-order chi connectivity index (χ1) is 9.72. The lowest BCUT2D eigenvalue weighted by atomic mass is 9.89. The van der Waals surface area contributed by atoms with E-state index >= 15 is 0 Å². The largest absolute Gasteiger partial charge is 0.278 e. The summed E-state index contributed by atoms with van der Waals surface area (Å²) < 4.78 is 0. The van der Waals surface area contributed by atoms with Crippen LogP contribution in [0.5, 0.6) is 0 Å². The van der Waals surface area contributed by atoms with E-state index < -0.39 is 0 Å². The third-order valence-electron chi connectivity index (χ3n) is 3.80. The summed E-state index contributed by atoms with van der Waals surface area (Å²) in [7, 11) is 0. The summed E-state index contributed by atoms with van der Waals surface area (Å²) in [4.78, 5) is 0. The Bertz CT molecular complexity index is 639. The second-order valence-corrected chi connectivity index (χ2v) is 5.55. The fraction of sp³-hybridized carbons (Fsp3) is 0.278. The SMILES string of the molecule is Cc1ccc(N/N=C2/CCCc3cc(C)ccc32)cc1. The molecule has 102 valence electrons. The Kier molecular flexibility index (Phi) is 3.55. The lowest BCUT2D eigenvalue weighted by Gasteiger charge is -2.18. The average Bonchev–Trinajstić information content (AvgIpc) is 2.46. The van der Waals surface area contributed by atoms with Gasteiger partial charge >= 0.3 is 0 Å². The number of hydrogen-bond acceptors (Lipinski definition) is 2. The highest BCUT2D eigenvalue weighted by Gasteiger charge is 2.15. The predicted octanol–water partition coefficient (Wildman–Crippen LogP) is 4.46. The highest BCUT2D eigenvalue weighted by Crippen LogP contribution is 2.23. The second kappa shape index (κ2) is 5.49. The van der Waals surface area contributed by atoms with Gasteiger partial charge in [-0.3, -0.25) is 5.43 Å². The maximum Gasteiger partial charge on any atom is 0.0682 e. The van der Waals surface area contributed by atoms with E-state index in [2.05, 4.69) is 66.8 Å². The normalized spacial score (nSPS) is 16.0. The molecule has 0 aromatic heterocycles. The van der Waals surface area contributed by atoms with Crippen LogP contribution in [0.15, 0.2) is 47.6 Å². The van der Waals surface area contributed by atoms with Gasteiger partial charge in [0.05, 0.1) is 11.4 Å². The standard InChI is InChI=1S/C18H20N2/c1-13-6-9-16(10-7-13)19-20-18-5-3-4-15-12-14(2)8-11-17(15)18/h6-12,19H,3-5H2,1-2H3/b20-18-. The van der Waals surface area contributed by atoms with Gasteiger partial charge in [-0.15, -0.1) is 0 Å². The van der Waals surface area contributed by atoms with Crippen molar-refractivity contribution in [2.24, 2.45) is 5.10 Å². The molecule has 0 amide bonds. The highest BCUT2D eigenvalue weighted by atomic mass is 15.3. The van der Waals surface area contributed by atoms with Gasteiger partial charge in [0, 0.05) is 5.56 Å². The molecule has 3 rings (SSSR count). The zero-order chi connectivity index (χ0) is 13.9. The van der Waals surface area contributed by atoms with Crippen molar-refractivity contribution in [1.29, 1.82) is 0 Å². The molecule has 20 heavy (non-hydrogen) atoms. The van der Waals surface area contributed by atoms with Crippen molar-refractivity contribution < 1.29 is 0 Å². The Balaban J connectivity index is 1.84. The number of nitrogens with one attached hydrogen (secondary N) is 1. The van der Waals surface area contributed by atoms with Crippen LogP contribution in [0.1, 0.15) is 35.1 Å². The first-order valence-electron chi connectivity index (χ1n) is 7.21. The minimum atomic E-state index is 1.04. The van der Waals surface area contributed by atoms with Gasteiger partial charge < -0.3 is 0 Å². The van der Waals surface area contributed by atoms with Crippen LogP contribution < -0.4 is 5.43 Å². The van der Waals surface area contributed by atoms with Crippen molar-refractivity contribution in [3.05, 3.63) is 64.7 Å². The number of rotatable bonds is 2. The molecule has 0 heterocycles. The van der Waals surface area contributed by atoms with Gasteiger partial charge in [0.1, 0.15) is 0 Å². The molecule has 2 nitrogen and oxygen atoms in total. The van der Waals surface area contributed by atoms with Crippen LogP contribution in [-0.2, 0) is 6.42 Å².